The highest BCUT2D eigenvalue weighted by Gasteiger charge is 2.19. The molecule has 21 heavy (non-hydrogen) atoms. The van der Waals surface area contributed by atoms with Crippen molar-refractivity contribution in [3.63, 3.8) is 0 Å². The Hall–Kier alpha value is -1.47. The number of halogens is 1. The third-order valence-corrected chi connectivity index (χ3v) is 3.83. The van der Waals surface area contributed by atoms with E-state index in [1.165, 1.54) is 10.8 Å². The molecular formula is C14H20BrN3O3. The monoisotopic (exact) mass is 357 g/mol. The summed E-state index contributed by atoms with van der Waals surface area (Å²) in [7, 11) is 0. The van der Waals surface area contributed by atoms with Gasteiger partial charge in [0.1, 0.15) is 0 Å². The Balaban J connectivity index is 3.01. The lowest BCUT2D eigenvalue weighted by Crippen LogP contribution is -2.37. The van der Waals surface area contributed by atoms with Gasteiger partial charge >= 0.3 is 0 Å². The highest BCUT2D eigenvalue weighted by atomic mass is 79.9. The van der Waals surface area contributed by atoms with E-state index in [0.29, 0.717) is 12.1 Å². The van der Waals surface area contributed by atoms with Gasteiger partial charge in [0.05, 0.1) is 15.6 Å². The van der Waals surface area contributed by atoms with Crippen molar-refractivity contribution in [1.29, 1.82) is 0 Å². The molecule has 0 saturated heterocycles. The smallest absolute Gasteiger partial charge is 0.289 e. The molecule has 0 amide bonds. The average Bonchev–Trinajstić information content (AvgIpc) is 2.36. The van der Waals surface area contributed by atoms with Crippen LogP contribution in [0.25, 0.3) is 0 Å². The summed E-state index contributed by atoms with van der Waals surface area (Å²) in [5.74, 6) is 0. The second-order valence-corrected chi connectivity index (χ2v) is 6.79. The van der Waals surface area contributed by atoms with Gasteiger partial charge in [-0.2, -0.15) is 0 Å². The number of aromatic nitrogens is 1. The summed E-state index contributed by atoms with van der Waals surface area (Å²) < 4.78 is 1.52. The molecule has 7 heteroatoms. The average molecular weight is 358 g/mol. The lowest BCUT2D eigenvalue weighted by atomic mass is 10.1. The third kappa shape index (κ3) is 4.78. The molecule has 1 rings (SSSR count). The topological polar surface area (TPSA) is 77.2 Å². The van der Waals surface area contributed by atoms with Crippen molar-refractivity contribution in [1.82, 2.24) is 9.88 Å². The summed E-state index contributed by atoms with van der Waals surface area (Å²) in [5, 5.41) is 14.3. The fraction of sp³-hybridized carbons (Fsp3) is 0.500. The fourth-order valence-corrected chi connectivity index (χ4v) is 2.12. The molecule has 0 fully saturated rings. The highest BCUT2D eigenvalue weighted by Crippen LogP contribution is 2.22. The van der Waals surface area contributed by atoms with Crippen molar-refractivity contribution >= 4 is 21.6 Å². The van der Waals surface area contributed by atoms with Crippen molar-refractivity contribution in [2.45, 2.75) is 39.8 Å². The van der Waals surface area contributed by atoms with Crippen LogP contribution in [0.1, 0.15) is 26.3 Å². The van der Waals surface area contributed by atoms with Crippen molar-refractivity contribution in [2.24, 2.45) is 0 Å². The van der Waals surface area contributed by atoms with Gasteiger partial charge in [0, 0.05) is 24.2 Å². The van der Waals surface area contributed by atoms with Crippen LogP contribution in [0.5, 0.6) is 0 Å². The van der Waals surface area contributed by atoms with Gasteiger partial charge in [-0.1, -0.05) is 6.58 Å². The van der Waals surface area contributed by atoms with Gasteiger partial charge < -0.3 is 9.88 Å². The first-order valence-electron chi connectivity index (χ1n) is 6.48. The van der Waals surface area contributed by atoms with Crippen molar-refractivity contribution in [3.8, 4) is 0 Å². The van der Waals surface area contributed by atoms with E-state index in [9.17, 15) is 14.9 Å². The van der Waals surface area contributed by atoms with Gasteiger partial charge in [0.25, 0.3) is 11.2 Å². The summed E-state index contributed by atoms with van der Waals surface area (Å²) in [5.41, 5.74) is 0.665. The summed E-state index contributed by atoms with van der Waals surface area (Å²) in [4.78, 5) is 22.7. The maximum Gasteiger partial charge on any atom is 0.289 e. The van der Waals surface area contributed by atoms with E-state index >= 15 is 0 Å². The molecule has 0 bridgehead atoms. The molecule has 1 aromatic heterocycles. The van der Waals surface area contributed by atoms with Crippen LogP contribution in [-0.2, 0) is 6.54 Å². The second-order valence-electron chi connectivity index (χ2n) is 6.00. The van der Waals surface area contributed by atoms with E-state index in [1.807, 2.05) is 20.8 Å². The lowest BCUT2D eigenvalue weighted by molar-refractivity contribution is -0.386. The van der Waals surface area contributed by atoms with E-state index in [4.69, 9.17) is 0 Å². The molecule has 6 nitrogen and oxygen atoms in total. The first kappa shape index (κ1) is 17.6. The van der Waals surface area contributed by atoms with Crippen LogP contribution in [0.4, 0.5) is 5.69 Å². The predicted molar refractivity (Wildman–Crippen MR) is 86.7 cm³/mol. The number of nitrogens with one attached hydrogen (secondary N) is 1. The van der Waals surface area contributed by atoms with Crippen LogP contribution in [0, 0.1) is 17.0 Å². The molecule has 0 aliphatic heterocycles. The van der Waals surface area contributed by atoms with Crippen LogP contribution in [-0.4, -0.2) is 21.6 Å². The zero-order valence-electron chi connectivity index (χ0n) is 12.7. The Morgan fingerprint density at radius 1 is 1.52 bits per heavy atom. The Morgan fingerprint density at radius 3 is 2.57 bits per heavy atom. The van der Waals surface area contributed by atoms with E-state index in [1.54, 1.807) is 6.92 Å². The quantitative estimate of drug-likeness (QED) is 0.499. The molecule has 0 saturated carbocycles. The third-order valence-electron chi connectivity index (χ3n) is 2.90. The molecule has 0 atom stereocenters. The minimum absolute atomic E-state index is 0.0617. The Morgan fingerprint density at radius 2 is 2.10 bits per heavy atom. The lowest BCUT2D eigenvalue weighted by Gasteiger charge is -2.21. The summed E-state index contributed by atoms with van der Waals surface area (Å²) in [6.07, 6.45) is 1.27. The molecule has 0 unspecified atom stereocenters. The van der Waals surface area contributed by atoms with E-state index in [0.717, 1.165) is 5.57 Å². The standard InChI is InChI=1S/C14H20BrN3O3/c1-9(6-16-14(3,4)5)7-17-8-11(18(20)21)10(2)12(15)13(17)19/h8,16H,1,6-7H2,2-5H3. The summed E-state index contributed by atoms with van der Waals surface area (Å²) >= 11 is 3.13. The molecule has 1 aromatic rings. The molecule has 1 N–H and O–H groups in total. The molecule has 0 radical (unpaired) electrons. The minimum Gasteiger partial charge on any atom is -0.308 e. The number of hydrogen-bond acceptors (Lipinski definition) is 4. The zero-order valence-corrected chi connectivity index (χ0v) is 14.3. The molecule has 1 heterocycles. The number of nitro groups is 1. The Bertz CT molecular complexity index is 630. The Kier molecular flexibility index (Phi) is 5.47. The first-order valence-corrected chi connectivity index (χ1v) is 7.28. The molecular weight excluding hydrogens is 338 g/mol. The van der Waals surface area contributed by atoms with Gasteiger partial charge in [-0.05, 0) is 49.2 Å². The van der Waals surface area contributed by atoms with Gasteiger partial charge in [-0.25, -0.2) is 0 Å². The van der Waals surface area contributed by atoms with Crippen molar-refractivity contribution in [3.05, 3.63) is 48.9 Å². The highest BCUT2D eigenvalue weighted by molar-refractivity contribution is 9.10. The van der Waals surface area contributed by atoms with E-state index < -0.39 is 4.92 Å². The maximum absolute atomic E-state index is 12.1. The molecule has 0 aliphatic rings. The van der Waals surface area contributed by atoms with Crippen molar-refractivity contribution < 1.29 is 4.92 Å². The van der Waals surface area contributed by atoms with E-state index in [-0.39, 0.29) is 27.8 Å². The molecule has 0 aliphatic carbocycles. The van der Waals surface area contributed by atoms with Gasteiger partial charge in [0.2, 0.25) is 0 Å². The van der Waals surface area contributed by atoms with Gasteiger partial charge in [0.15, 0.2) is 0 Å². The van der Waals surface area contributed by atoms with Crippen LogP contribution in [0.15, 0.2) is 27.6 Å². The van der Waals surface area contributed by atoms with E-state index in [2.05, 4.69) is 27.8 Å². The van der Waals surface area contributed by atoms with Crippen LogP contribution in [0.3, 0.4) is 0 Å². The summed E-state index contributed by atoms with van der Waals surface area (Å²) in [6.45, 7) is 12.3. The number of nitrogens with zero attached hydrogens (tertiary/aromatic N) is 2. The van der Waals surface area contributed by atoms with Crippen LogP contribution >= 0.6 is 15.9 Å². The number of pyridine rings is 1. The maximum atomic E-state index is 12.1. The molecule has 116 valence electrons. The zero-order chi connectivity index (χ0) is 16.4. The molecule has 0 spiro atoms. The number of rotatable bonds is 5. The first-order chi connectivity index (χ1) is 9.53. The number of hydrogen-bond donors (Lipinski definition) is 1. The predicted octanol–water partition coefficient (Wildman–Crippen LogP) is 2.77. The summed E-state index contributed by atoms with van der Waals surface area (Å²) in [6, 6.07) is 0. The molecule has 0 aromatic carbocycles. The van der Waals surface area contributed by atoms with Crippen LogP contribution < -0.4 is 10.9 Å². The van der Waals surface area contributed by atoms with Crippen molar-refractivity contribution in [2.75, 3.05) is 6.54 Å². The van der Waals surface area contributed by atoms with Gasteiger partial charge in [-0.15, -0.1) is 0 Å². The fourth-order valence-electron chi connectivity index (χ4n) is 1.69. The van der Waals surface area contributed by atoms with Gasteiger partial charge in [-0.3, -0.25) is 14.9 Å². The SMILES string of the molecule is C=C(CNC(C)(C)C)Cn1cc([N+](=O)[O-])c(C)c(Br)c1=O. The van der Waals surface area contributed by atoms with Crippen LogP contribution in [0.2, 0.25) is 0 Å². The normalized spacial score (nSPS) is 11.5. The largest absolute Gasteiger partial charge is 0.308 e. The Labute approximate surface area is 132 Å². The second kappa shape index (κ2) is 6.53. The minimum atomic E-state index is -0.494.